The molecule has 0 saturated heterocycles. The molecular formula is C16H4F18N2O10S2. The molecule has 2 aromatic heterocycles. The van der Waals surface area contributed by atoms with Crippen LogP contribution in [0.3, 0.4) is 0 Å². The maximum atomic E-state index is 13.9. The normalized spacial score (nSPS) is 15.5. The molecule has 1 aliphatic carbocycles. The smallest absolute Gasteiger partial charge is 0.460 e. The van der Waals surface area contributed by atoms with Crippen LogP contribution in [0, 0.1) is 0 Å². The average molecular weight is 790 g/mol. The van der Waals surface area contributed by atoms with Gasteiger partial charge in [0.25, 0.3) is 0 Å². The molecule has 0 aliphatic heterocycles. The van der Waals surface area contributed by atoms with Crippen LogP contribution < -0.4 is 8.57 Å². The van der Waals surface area contributed by atoms with E-state index in [1.54, 1.807) is 0 Å². The van der Waals surface area contributed by atoms with E-state index in [2.05, 4.69) is 8.57 Å². The number of hydrogen-bond acceptors (Lipinski definition) is 10. The van der Waals surface area contributed by atoms with Crippen LogP contribution in [0.1, 0.15) is 0 Å². The van der Waals surface area contributed by atoms with Crippen molar-refractivity contribution in [1.82, 2.24) is 9.46 Å². The third kappa shape index (κ3) is 4.45. The first-order valence-electron chi connectivity index (χ1n) is 10.5. The summed E-state index contributed by atoms with van der Waals surface area (Å²) < 4.78 is 286. The second-order valence-corrected chi connectivity index (χ2v) is 11.9. The Morgan fingerprint density at radius 2 is 0.583 bits per heavy atom. The van der Waals surface area contributed by atoms with Gasteiger partial charge in [0.15, 0.2) is 0 Å². The van der Waals surface area contributed by atoms with Gasteiger partial charge in [0.1, 0.15) is 0 Å². The predicted octanol–water partition coefficient (Wildman–Crippen LogP) is 4.13. The SMILES string of the molecule is O=S(=O)(On1c(O)c2c(c1O)-c1c-2c(O)n(OS(=O)(=O)C(F)(F)C(F)(F)C(F)(F)C(F)(F)F)c1O)C(F)(F)C(F)(F)C(F)(F)C(F)(F)F. The zero-order chi connectivity index (χ0) is 38.2. The number of aromatic nitrogens is 2. The minimum atomic E-state index is -7.96. The molecule has 0 radical (unpaired) electrons. The van der Waals surface area contributed by atoms with Crippen LogP contribution in [0.15, 0.2) is 0 Å². The summed E-state index contributed by atoms with van der Waals surface area (Å²) >= 11 is 0. The van der Waals surface area contributed by atoms with E-state index in [0.717, 1.165) is 0 Å². The summed E-state index contributed by atoms with van der Waals surface area (Å²) in [7, 11) is -15.9. The molecule has 1 aliphatic rings. The number of fused-ring (bicyclic) bond motifs is 4. The lowest BCUT2D eigenvalue weighted by Gasteiger charge is -2.32. The van der Waals surface area contributed by atoms with Crippen molar-refractivity contribution in [2.45, 2.75) is 46.6 Å². The summed E-state index contributed by atoms with van der Waals surface area (Å²) in [6.45, 7) is 0. The van der Waals surface area contributed by atoms with Gasteiger partial charge in [-0.25, -0.2) is 0 Å². The monoisotopic (exact) mass is 790 g/mol. The summed E-state index contributed by atoms with van der Waals surface area (Å²) in [5.74, 6) is -41.0. The van der Waals surface area contributed by atoms with Crippen LogP contribution in [0.5, 0.6) is 23.5 Å². The molecule has 2 heterocycles. The summed E-state index contributed by atoms with van der Waals surface area (Å²) in [5.41, 5.74) is -6.49. The molecule has 276 valence electrons. The zero-order valence-electron chi connectivity index (χ0n) is 20.8. The van der Waals surface area contributed by atoms with Crippen LogP contribution in [0.2, 0.25) is 0 Å². The van der Waals surface area contributed by atoms with Gasteiger partial charge >= 0.3 is 66.8 Å². The number of nitrogens with zero attached hydrogens (tertiary/aromatic N) is 2. The van der Waals surface area contributed by atoms with E-state index in [1.807, 2.05) is 0 Å². The van der Waals surface area contributed by atoms with Crippen LogP contribution in [0.4, 0.5) is 79.0 Å². The highest BCUT2D eigenvalue weighted by atomic mass is 32.2. The molecule has 48 heavy (non-hydrogen) atoms. The first-order chi connectivity index (χ1) is 20.8. The highest BCUT2D eigenvalue weighted by Gasteiger charge is 2.87. The van der Waals surface area contributed by atoms with Gasteiger partial charge in [-0.1, -0.05) is 9.46 Å². The third-order valence-corrected chi connectivity index (χ3v) is 8.33. The minimum Gasteiger partial charge on any atom is -0.492 e. The van der Waals surface area contributed by atoms with E-state index in [0.29, 0.717) is 0 Å². The lowest BCUT2D eigenvalue weighted by molar-refractivity contribution is -0.382. The summed E-state index contributed by atoms with van der Waals surface area (Å²) in [6.07, 6.45) is -15.1. The van der Waals surface area contributed by atoms with Crippen molar-refractivity contribution in [2.75, 3.05) is 0 Å². The highest BCUT2D eigenvalue weighted by Crippen LogP contribution is 2.65. The standard InChI is InChI=1S/C16H4F18N2O10S2/c17-9(18,13(25,26)27)11(21,22)15(31,32)47(41,42)45-35-5(37)1-2(6(35)38)4-3(1)7(39)36(8(4)40)46-48(43,44)16(33,34)12(23,24)10(19,20)14(28,29)30/h37-40H. The molecule has 0 bridgehead atoms. The summed E-state index contributed by atoms with van der Waals surface area (Å²) in [5, 5.41) is 24.6. The Hall–Kier alpha value is -4.00. The lowest BCUT2D eigenvalue weighted by atomic mass is 9.86. The Balaban J connectivity index is 2.09. The number of halogens is 18. The minimum absolute atomic E-state index is 1.43. The first-order valence-corrected chi connectivity index (χ1v) is 13.3. The molecule has 12 nitrogen and oxygen atoms in total. The summed E-state index contributed by atoms with van der Waals surface area (Å²) in [6, 6.07) is 0. The fourth-order valence-electron chi connectivity index (χ4n) is 3.41. The fourth-order valence-corrected chi connectivity index (χ4v) is 5.15. The maximum absolute atomic E-state index is 13.9. The highest BCUT2D eigenvalue weighted by molar-refractivity contribution is 7.88. The van der Waals surface area contributed by atoms with Gasteiger partial charge in [-0.15, -0.1) is 0 Å². The van der Waals surface area contributed by atoms with E-state index in [9.17, 15) is 116 Å². The second-order valence-electron chi connectivity index (χ2n) is 8.77. The molecule has 32 heteroatoms. The van der Waals surface area contributed by atoms with Gasteiger partial charge in [0.05, 0.1) is 22.3 Å². The van der Waals surface area contributed by atoms with Crippen molar-refractivity contribution in [3.05, 3.63) is 0 Å². The molecule has 0 fully saturated rings. The van der Waals surface area contributed by atoms with Crippen molar-refractivity contribution in [1.29, 1.82) is 0 Å². The number of hydrogen-bond donors (Lipinski definition) is 4. The van der Waals surface area contributed by atoms with Crippen LogP contribution in [0.25, 0.3) is 22.3 Å². The number of aromatic hydroxyl groups is 4. The Morgan fingerprint density at radius 1 is 0.396 bits per heavy atom. The molecule has 2 aromatic rings. The molecule has 0 atom stereocenters. The number of alkyl halides is 18. The summed E-state index contributed by atoms with van der Waals surface area (Å²) in [4.78, 5) is 0. The van der Waals surface area contributed by atoms with Gasteiger partial charge < -0.3 is 20.4 Å². The van der Waals surface area contributed by atoms with Crippen LogP contribution in [-0.2, 0) is 20.2 Å². The molecule has 0 amide bonds. The van der Waals surface area contributed by atoms with E-state index in [1.165, 1.54) is 0 Å². The van der Waals surface area contributed by atoms with E-state index >= 15 is 0 Å². The Labute approximate surface area is 247 Å². The van der Waals surface area contributed by atoms with E-state index < -0.39 is 122 Å². The van der Waals surface area contributed by atoms with Crippen molar-refractivity contribution in [2.24, 2.45) is 0 Å². The Bertz CT molecular complexity index is 1690. The van der Waals surface area contributed by atoms with E-state index in [4.69, 9.17) is 0 Å². The van der Waals surface area contributed by atoms with E-state index in [-0.39, 0.29) is 0 Å². The quantitative estimate of drug-likeness (QED) is 0.219. The first kappa shape index (κ1) is 38.4. The van der Waals surface area contributed by atoms with Crippen LogP contribution in [-0.4, -0.2) is 93.3 Å². The van der Waals surface area contributed by atoms with Crippen molar-refractivity contribution >= 4 is 20.2 Å². The second kappa shape index (κ2) is 9.79. The van der Waals surface area contributed by atoms with Gasteiger partial charge in [-0.2, -0.15) is 95.9 Å². The van der Waals surface area contributed by atoms with Gasteiger partial charge in [-0.3, -0.25) is 8.57 Å². The fraction of sp³-hybridized carbons (Fsp3) is 0.500. The largest absolute Gasteiger partial charge is 0.492 e. The van der Waals surface area contributed by atoms with Crippen molar-refractivity contribution in [3.63, 3.8) is 0 Å². The molecule has 0 saturated carbocycles. The topological polar surface area (TPSA) is 178 Å². The predicted molar refractivity (Wildman–Crippen MR) is 106 cm³/mol. The van der Waals surface area contributed by atoms with Crippen LogP contribution >= 0.6 is 0 Å². The Morgan fingerprint density at radius 3 is 0.750 bits per heavy atom. The van der Waals surface area contributed by atoms with Gasteiger partial charge in [0, 0.05) is 0 Å². The van der Waals surface area contributed by atoms with Crippen molar-refractivity contribution < 1.29 is 125 Å². The van der Waals surface area contributed by atoms with Gasteiger partial charge in [0.2, 0.25) is 23.5 Å². The Kier molecular flexibility index (Phi) is 7.85. The molecule has 0 unspecified atom stereocenters. The molecule has 0 spiro atoms. The number of rotatable bonds is 10. The molecule has 4 N–H and O–H groups in total. The molecule has 0 aromatic carbocycles. The van der Waals surface area contributed by atoms with Gasteiger partial charge in [-0.05, 0) is 0 Å². The average Bonchev–Trinajstić information content (AvgIpc) is 3.16. The lowest BCUT2D eigenvalue weighted by Crippen LogP contribution is -2.64. The third-order valence-electron chi connectivity index (χ3n) is 5.87. The molecular weight excluding hydrogens is 786 g/mol. The van der Waals surface area contributed by atoms with Crippen molar-refractivity contribution in [3.8, 4) is 45.8 Å². The maximum Gasteiger partial charge on any atom is 0.460 e. The zero-order valence-corrected chi connectivity index (χ0v) is 22.4. The molecule has 3 rings (SSSR count).